The second-order valence-electron chi connectivity index (χ2n) is 6.05. The standard InChI is InChI=1S/C16H26N2O2/c1-7-16(5,6)15-17-9-12(10-18-15)13(11(3)4)14(19)20-8-2/h9-11,13H,7-8H2,1-6H3. The summed E-state index contributed by atoms with van der Waals surface area (Å²) >= 11 is 0. The van der Waals surface area contributed by atoms with Crippen molar-refractivity contribution in [3.8, 4) is 0 Å². The van der Waals surface area contributed by atoms with Gasteiger partial charge in [-0.3, -0.25) is 4.79 Å². The largest absolute Gasteiger partial charge is 0.466 e. The second kappa shape index (κ2) is 6.82. The molecule has 0 amide bonds. The van der Waals surface area contributed by atoms with E-state index in [-0.39, 0.29) is 23.2 Å². The fourth-order valence-electron chi connectivity index (χ4n) is 2.03. The number of ether oxygens (including phenoxy) is 1. The van der Waals surface area contributed by atoms with Crippen molar-refractivity contribution in [1.29, 1.82) is 0 Å². The average Bonchev–Trinajstić information content (AvgIpc) is 2.39. The van der Waals surface area contributed by atoms with E-state index in [1.807, 2.05) is 20.8 Å². The molecule has 0 saturated heterocycles. The molecule has 20 heavy (non-hydrogen) atoms. The summed E-state index contributed by atoms with van der Waals surface area (Å²) in [5.41, 5.74) is 0.782. The quantitative estimate of drug-likeness (QED) is 0.748. The predicted molar refractivity (Wildman–Crippen MR) is 79.6 cm³/mol. The van der Waals surface area contributed by atoms with Crippen LogP contribution in [-0.2, 0) is 14.9 Å². The lowest BCUT2D eigenvalue weighted by atomic mass is 9.88. The summed E-state index contributed by atoms with van der Waals surface area (Å²) < 4.78 is 5.14. The van der Waals surface area contributed by atoms with Crippen molar-refractivity contribution < 1.29 is 9.53 Å². The first-order chi connectivity index (χ1) is 9.33. The Balaban J connectivity index is 3.03. The molecule has 0 radical (unpaired) electrons. The fourth-order valence-corrected chi connectivity index (χ4v) is 2.03. The van der Waals surface area contributed by atoms with Crippen LogP contribution in [0, 0.1) is 5.92 Å². The molecule has 0 spiro atoms. The van der Waals surface area contributed by atoms with Gasteiger partial charge in [0.1, 0.15) is 5.82 Å². The second-order valence-corrected chi connectivity index (χ2v) is 6.05. The van der Waals surface area contributed by atoms with Crippen molar-refractivity contribution >= 4 is 5.97 Å². The van der Waals surface area contributed by atoms with Crippen LogP contribution in [-0.4, -0.2) is 22.5 Å². The predicted octanol–water partition coefficient (Wildman–Crippen LogP) is 3.47. The molecule has 1 unspecified atom stereocenters. The summed E-state index contributed by atoms with van der Waals surface area (Å²) in [5, 5.41) is 0. The first-order valence-electron chi connectivity index (χ1n) is 7.32. The molecule has 1 rings (SSSR count). The number of hydrogen-bond donors (Lipinski definition) is 0. The SMILES string of the molecule is CCOC(=O)C(c1cnc(C(C)(C)CC)nc1)C(C)C. The molecule has 1 heterocycles. The topological polar surface area (TPSA) is 52.1 Å². The molecule has 0 saturated carbocycles. The minimum Gasteiger partial charge on any atom is -0.466 e. The van der Waals surface area contributed by atoms with E-state index in [0.29, 0.717) is 6.61 Å². The number of rotatable bonds is 6. The van der Waals surface area contributed by atoms with E-state index in [0.717, 1.165) is 17.8 Å². The fraction of sp³-hybridized carbons (Fsp3) is 0.688. The smallest absolute Gasteiger partial charge is 0.313 e. The van der Waals surface area contributed by atoms with E-state index >= 15 is 0 Å². The van der Waals surface area contributed by atoms with Crippen LogP contribution in [0.4, 0.5) is 0 Å². The van der Waals surface area contributed by atoms with E-state index < -0.39 is 0 Å². The Morgan fingerprint density at radius 2 is 1.80 bits per heavy atom. The number of carbonyl (C=O) groups is 1. The van der Waals surface area contributed by atoms with E-state index in [9.17, 15) is 4.79 Å². The minimum atomic E-state index is -0.297. The zero-order valence-corrected chi connectivity index (χ0v) is 13.4. The van der Waals surface area contributed by atoms with Gasteiger partial charge in [0.05, 0.1) is 12.5 Å². The van der Waals surface area contributed by atoms with Crippen LogP contribution in [0.15, 0.2) is 12.4 Å². The van der Waals surface area contributed by atoms with Gasteiger partial charge in [-0.15, -0.1) is 0 Å². The van der Waals surface area contributed by atoms with Crippen molar-refractivity contribution in [3.63, 3.8) is 0 Å². The molecule has 0 aliphatic heterocycles. The third-order valence-electron chi connectivity index (χ3n) is 3.73. The monoisotopic (exact) mass is 278 g/mol. The van der Waals surface area contributed by atoms with Gasteiger partial charge >= 0.3 is 5.97 Å². The molecule has 1 aromatic heterocycles. The van der Waals surface area contributed by atoms with Gasteiger partial charge in [0.2, 0.25) is 0 Å². The van der Waals surface area contributed by atoms with Crippen LogP contribution in [0.2, 0.25) is 0 Å². The van der Waals surface area contributed by atoms with Gasteiger partial charge in [0.15, 0.2) is 0 Å². The molecular weight excluding hydrogens is 252 g/mol. The van der Waals surface area contributed by atoms with Crippen LogP contribution in [0.25, 0.3) is 0 Å². The zero-order valence-electron chi connectivity index (χ0n) is 13.4. The van der Waals surface area contributed by atoms with Crippen LogP contribution in [0.3, 0.4) is 0 Å². The van der Waals surface area contributed by atoms with E-state index in [1.54, 1.807) is 12.4 Å². The van der Waals surface area contributed by atoms with Gasteiger partial charge in [-0.25, -0.2) is 9.97 Å². The molecule has 0 N–H and O–H groups in total. The Labute approximate surface area is 122 Å². The molecule has 112 valence electrons. The molecule has 1 atom stereocenters. The summed E-state index contributed by atoms with van der Waals surface area (Å²) in [4.78, 5) is 20.9. The molecule has 0 bridgehead atoms. The molecule has 0 aliphatic rings. The van der Waals surface area contributed by atoms with Crippen LogP contribution in [0.1, 0.15) is 65.3 Å². The lowest BCUT2D eigenvalue weighted by Gasteiger charge is -2.22. The van der Waals surface area contributed by atoms with Gasteiger partial charge in [0, 0.05) is 23.4 Å². The Hall–Kier alpha value is -1.45. The maximum Gasteiger partial charge on any atom is 0.313 e. The first kappa shape index (κ1) is 16.6. The van der Waals surface area contributed by atoms with Crippen LogP contribution < -0.4 is 0 Å². The van der Waals surface area contributed by atoms with Crippen molar-refractivity contribution in [1.82, 2.24) is 9.97 Å². The third kappa shape index (κ3) is 3.78. The summed E-state index contributed by atoms with van der Waals surface area (Å²) in [7, 11) is 0. The highest BCUT2D eigenvalue weighted by atomic mass is 16.5. The zero-order chi connectivity index (χ0) is 15.3. The summed E-state index contributed by atoms with van der Waals surface area (Å²) in [6.07, 6.45) is 4.50. The number of nitrogens with zero attached hydrogens (tertiary/aromatic N) is 2. The van der Waals surface area contributed by atoms with E-state index in [1.165, 1.54) is 0 Å². The van der Waals surface area contributed by atoms with Crippen molar-refractivity contribution in [2.24, 2.45) is 5.92 Å². The minimum absolute atomic E-state index is 0.0458. The maximum absolute atomic E-state index is 12.0. The first-order valence-corrected chi connectivity index (χ1v) is 7.32. The number of carbonyl (C=O) groups excluding carboxylic acids is 1. The lowest BCUT2D eigenvalue weighted by Crippen LogP contribution is -2.23. The third-order valence-corrected chi connectivity index (χ3v) is 3.73. The highest BCUT2D eigenvalue weighted by Crippen LogP contribution is 2.27. The summed E-state index contributed by atoms with van der Waals surface area (Å²) in [6, 6.07) is 0. The molecular formula is C16H26N2O2. The van der Waals surface area contributed by atoms with Gasteiger partial charge in [-0.05, 0) is 19.3 Å². The Kier molecular flexibility index (Phi) is 5.66. The Bertz CT molecular complexity index is 438. The number of aromatic nitrogens is 2. The molecule has 1 aromatic rings. The van der Waals surface area contributed by atoms with Gasteiger partial charge in [-0.1, -0.05) is 34.6 Å². The molecule has 4 nitrogen and oxygen atoms in total. The van der Waals surface area contributed by atoms with Gasteiger partial charge in [0.25, 0.3) is 0 Å². The van der Waals surface area contributed by atoms with E-state index in [4.69, 9.17) is 4.74 Å². The Morgan fingerprint density at radius 1 is 1.25 bits per heavy atom. The summed E-state index contributed by atoms with van der Waals surface area (Å²) in [6.45, 7) is 12.6. The summed E-state index contributed by atoms with van der Waals surface area (Å²) in [5.74, 6) is 0.472. The van der Waals surface area contributed by atoms with Crippen molar-refractivity contribution in [3.05, 3.63) is 23.8 Å². The normalized spacial score (nSPS) is 13.3. The van der Waals surface area contributed by atoms with Crippen molar-refractivity contribution in [2.45, 2.75) is 59.3 Å². The maximum atomic E-state index is 12.0. The van der Waals surface area contributed by atoms with Crippen LogP contribution >= 0.6 is 0 Å². The Morgan fingerprint density at radius 3 is 2.20 bits per heavy atom. The van der Waals surface area contributed by atoms with E-state index in [2.05, 4.69) is 30.7 Å². The number of esters is 1. The highest BCUT2D eigenvalue weighted by molar-refractivity contribution is 5.78. The average molecular weight is 278 g/mol. The molecule has 0 aromatic carbocycles. The van der Waals surface area contributed by atoms with Crippen molar-refractivity contribution in [2.75, 3.05) is 6.61 Å². The number of hydrogen-bond acceptors (Lipinski definition) is 4. The lowest BCUT2D eigenvalue weighted by molar-refractivity contribution is -0.146. The molecule has 0 aliphatic carbocycles. The van der Waals surface area contributed by atoms with Gasteiger partial charge in [-0.2, -0.15) is 0 Å². The van der Waals surface area contributed by atoms with Crippen LogP contribution in [0.5, 0.6) is 0 Å². The van der Waals surface area contributed by atoms with Gasteiger partial charge < -0.3 is 4.74 Å². The molecule has 0 fully saturated rings. The highest BCUT2D eigenvalue weighted by Gasteiger charge is 2.27. The molecule has 4 heteroatoms.